The van der Waals surface area contributed by atoms with Crippen LogP contribution in [0.2, 0.25) is 0 Å². The maximum absolute atomic E-state index is 2.64. The lowest BCUT2D eigenvalue weighted by Gasteiger charge is -2.45. The summed E-state index contributed by atoms with van der Waals surface area (Å²) >= 11 is 0. The smallest absolute Gasteiger partial charge is 0.0357 e. The van der Waals surface area contributed by atoms with E-state index in [4.69, 9.17) is 0 Å². The highest BCUT2D eigenvalue weighted by Gasteiger charge is 2.38. The van der Waals surface area contributed by atoms with Gasteiger partial charge in [0.2, 0.25) is 0 Å². The number of hydrogen-bond donors (Lipinski definition) is 0. The molecule has 0 heteroatoms. The van der Waals surface area contributed by atoms with Crippen LogP contribution >= 0.6 is 0 Å². The van der Waals surface area contributed by atoms with Crippen molar-refractivity contribution in [2.24, 2.45) is 41.4 Å². The van der Waals surface area contributed by atoms with Gasteiger partial charge in [-0.2, -0.15) is 0 Å². The minimum absolute atomic E-state index is 1.02. The molecule has 0 aromatic carbocycles. The Bertz CT molecular complexity index is 370. The van der Waals surface area contributed by atoms with Crippen LogP contribution in [-0.4, -0.2) is 0 Å². The SMILES string of the molecule is CC(CC1CCCC2CCCCC21)C1CCC2CCCCC2C1. The van der Waals surface area contributed by atoms with E-state index in [-0.39, 0.29) is 0 Å². The fourth-order valence-electron chi connectivity index (χ4n) is 7.46. The van der Waals surface area contributed by atoms with Crippen LogP contribution in [0.15, 0.2) is 0 Å². The fraction of sp³-hybridized carbons (Fsp3) is 1.00. The second-order valence-corrected chi connectivity index (χ2v) is 9.99. The molecule has 0 saturated heterocycles. The van der Waals surface area contributed by atoms with Crippen molar-refractivity contribution in [2.45, 2.75) is 103 Å². The highest BCUT2D eigenvalue weighted by molar-refractivity contribution is 4.89. The first kappa shape index (κ1) is 16.5. The van der Waals surface area contributed by atoms with Gasteiger partial charge in [0.1, 0.15) is 0 Å². The molecule has 0 aromatic rings. The van der Waals surface area contributed by atoms with Gasteiger partial charge in [0.25, 0.3) is 0 Å². The van der Waals surface area contributed by atoms with Crippen LogP contribution < -0.4 is 0 Å². The Balaban J connectivity index is 1.33. The Kier molecular flexibility index (Phi) is 5.36. The van der Waals surface area contributed by atoms with Gasteiger partial charge in [0.05, 0.1) is 0 Å². The van der Waals surface area contributed by atoms with E-state index in [1.165, 1.54) is 19.3 Å². The molecule has 0 amide bonds. The highest BCUT2D eigenvalue weighted by atomic mass is 14.4. The fourth-order valence-corrected chi connectivity index (χ4v) is 7.46. The summed E-state index contributed by atoms with van der Waals surface area (Å²) in [6.07, 6.45) is 23.5. The summed E-state index contributed by atoms with van der Waals surface area (Å²) in [4.78, 5) is 0. The van der Waals surface area contributed by atoms with Gasteiger partial charge in [-0.25, -0.2) is 0 Å². The number of rotatable bonds is 3. The minimum Gasteiger partial charge on any atom is -0.0622 e. The molecule has 4 aliphatic rings. The molecule has 4 rings (SSSR count). The molecule has 0 spiro atoms. The monoisotopic (exact) mass is 316 g/mol. The molecule has 132 valence electrons. The van der Waals surface area contributed by atoms with Gasteiger partial charge in [-0.3, -0.25) is 0 Å². The van der Waals surface area contributed by atoms with E-state index in [0.717, 1.165) is 41.4 Å². The van der Waals surface area contributed by atoms with Crippen LogP contribution in [-0.2, 0) is 0 Å². The van der Waals surface area contributed by atoms with Gasteiger partial charge in [-0.15, -0.1) is 0 Å². The van der Waals surface area contributed by atoms with Crippen LogP contribution in [0.1, 0.15) is 103 Å². The van der Waals surface area contributed by atoms with Crippen molar-refractivity contribution < 1.29 is 0 Å². The average molecular weight is 317 g/mol. The maximum Gasteiger partial charge on any atom is -0.0357 e. The Morgan fingerprint density at radius 2 is 1.35 bits per heavy atom. The maximum atomic E-state index is 2.64. The number of fused-ring (bicyclic) bond motifs is 2. The van der Waals surface area contributed by atoms with E-state index in [0.29, 0.717) is 0 Å². The Hall–Kier alpha value is 0. The highest BCUT2D eigenvalue weighted by Crippen LogP contribution is 2.49. The van der Waals surface area contributed by atoms with Gasteiger partial charge in [-0.05, 0) is 73.5 Å². The second kappa shape index (κ2) is 7.49. The molecule has 7 atom stereocenters. The van der Waals surface area contributed by atoms with E-state index < -0.39 is 0 Å². The quantitative estimate of drug-likeness (QED) is 0.515. The molecule has 7 unspecified atom stereocenters. The van der Waals surface area contributed by atoms with E-state index >= 15 is 0 Å². The summed E-state index contributed by atoms with van der Waals surface area (Å²) in [5, 5.41) is 0. The van der Waals surface area contributed by atoms with Crippen LogP contribution in [0, 0.1) is 41.4 Å². The lowest BCUT2D eigenvalue weighted by Crippen LogP contribution is -2.34. The van der Waals surface area contributed by atoms with Gasteiger partial charge in [-0.1, -0.05) is 71.1 Å². The summed E-state index contributed by atoms with van der Waals surface area (Å²) in [7, 11) is 0. The number of hydrogen-bond acceptors (Lipinski definition) is 0. The predicted octanol–water partition coefficient (Wildman–Crippen LogP) is 7.23. The first-order valence-corrected chi connectivity index (χ1v) is 11.3. The summed E-state index contributed by atoms with van der Waals surface area (Å²) < 4.78 is 0. The largest absolute Gasteiger partial charge is 0.0622 e. The molecule has 4 fully saturated rings. The molecule has 0 heterocycles. The molecule has 0 N–H and O–H groups in total. The topological polar surface area (TPSA) is 0 Å². The van der Waals surface area contributed by atoms with Crippen molar-refractivity contribution in [2.75, 3.05) is 0 Å². The molecule has 4 saturated carbocycles. The minimum atomic E-state index is 1.02. The van der Waals surface area contributed by atoms with Crippen molar-refractivity contribution in [1.82, 2.24) is 0 Å². The molecule has 0 nitrogen and oxygen atoms in total. The normalized spacial score (nSPS) is 45.8. The first-order valence-electron chi connectivity index (χ1n) is 11.3. The van der Waals surface area contributed by atoms with Crippen LogP contribution in [0.25, 0.3) is 0 Å². The Morgan fingerprint density at radius 1 is 0.652 bits per heavy atom. The third-order valence-corrected chi connectivity index (χ3v) is 8.78. The average Bonchev–Trinajstić information content (AvgIpc) is 2.61. The summed E-state index contributed by atoms with van der Waals surface area (Å²) in [6, 6.07) is 0. The van der Waals surface area contributed by atoms with Gasteiger partial charge >= 0.3 is 0 Å². The lowest BCUT2D eigenvalue weighted by molar-refractivity contribution is 0.0575. The van der Waals surface area contributed by atoms with Crippen molar-refractivity contribution >= 4 is 0 Å². The molecule has 0 bridgehead atoms. The summed E-state index contributed by atoms with van der Waals surface area (Å²) in [5.41, 5.74) is 0. The third kappa shape index (κ3) is 3.67. The van der Waals surface area contributed by atoms with Crippen LogP contribution in [0.4, 0.5) is 0 Å². The van der Waals surface area contributed by atoms with Crippen molar-refractivity contribution in [3.63, 3.8) is 0 Å². The molecule has 0 aromatic heterocycles. The van der Waals surface area contributed by atoms with Gasteiger partial charge in [0, 0.05) is 0 Å². The Morgan fingerprint density at radius 3 is 2.22 bits per heavy atom. The third-order valence-electron chi connectivity index (χ3n) is 8.78. The van der Waals surface area contributed by atoms with E-state index in [1.54, 1.807) is 77.0 Å². The van der Waals surface area contributed by atoms with Crippen molar-refractivity contribution in [3.05, 3.63) is 0 Å². The van der Waals surface area contributed by atoms with E-state index in [2.05, 4.69) is 6.92 Å². The molecular formula is C23H40. The van der Waals surface area contributed by atoms with Gasteiger partial charge < -0.3 is 0 Å². The summed E-state index contributed by atoms with van der Waals surface area (Å²) in [6.45, 7) is 2.64. The standard InChI is InChI=1S/C23H40/c1-17(20-14-13-18-7-2-3-9-21(18)16-20)15-22-11-6-10-19-8-4-5-12-23(19)22/h17-23H,2-16H2,1H3. The predicted molar refractivity (Wildman–Crippen MR) is 99.4 cm³/mol. The zero-order chi connectivity index (χ0) is 15.6. The molecule has 4 aliphatic carbocycles. The van der Waals surface area contributed by atoms with Crippen LogP contribution in [0.3, 0.4) is 0 Å². The van der Waals surface area contributed by atoms with Crippen molar-refractivity contribution in [1.29, 1.82) is 0 Å². The Labute approximate surface area is 145 Å². The molecule has 0 radical (unpaired) electrons. The first-order chi connectivity index (χ1) is 11.3. The summed E-state index contributed by atoms with van der Waals surface area (Å²) in [5.74, 6) is 7.72. The van der Waals surface area contributed by atoms with E-state index in [1.807, 2.05) is 0 Å². The molecule has 0 aliphatic heterocycles. The molecule has 23 heavy (non-hydrogen) atoms. The molecular weight excluding hydrogens is 276 g/mol. The zero-order valence-electron chi connectivity index (χ0n) is 15.6. The van der Waals surface area contributed by atoms with Crippen molar-refractivity contribution in [3.8, 4) is 0 Å². The van der Waals surface area contributed by atoms with E-state index in [9.17, 15) is 0 Å². The second-order valence-electron chi connectivity index (χ2n) is 9.99. The van der Waals surface area contributed by atoms with Gasteiger partial charge in [0.15, 0.2) is 0 Å². The zero-order valence-corrected chi connectivity index (χ0v) is 15.6. The van der Waals surface area contributed by atoms with Crippen LogP contribution in [0.5, 0.6) is 0 Å². The lowest BCUT2D eigenvalue weighted by atomic mass is 9.61.